The molecule has 1 amide bonds. The summed E-state index contributed by atoms with van der Waals surface area (Å²) in [4.78, 5) is 27.2. The lowest BCUT2D eigenvalue weighted by Crippen LogP contribution is -2.37. The molecular formula is C13H19N3O3. The smallest absolute Gasteiger partial charge is 0.339 e. The topological polar surface area (TPSA) is 80.3 Å². The Morgan fingerprint density at radius 1 is 1.42 bits per heavy atom. The first-order valence-corrected chi connectivity index (χ1v) is 6.09. The fraction of sp³-hybridized carbons (Fsp3) is 0.462. The van der Waals surface area contributed by atoms with Gasteiger partial charge in [0, 0.05) is 6.54 Å². The number of anilines is 1. The summed E-state index contributed by atoms with van der Waals surface area (Å²) in [6, 6.07) is 2.88. The van der Waals surface area contributed by atoms with E-state index in [0.29, 0.717) is 23.6 Å². The maximum absolute atomic E-state index is 11.6. The van der Waals surface area contributed by atoms with E-state index in [2.05, 4.69) is 20.4 Å². The van der Waals surface area contributed by atoms with Crippen molar-refractivity contribution in [1.82, 2.24) is 10.3 Å². The van der Waals surface area contributed by atoms with Crippen molar-refractivity contribution in [3.63, 3.8) is 0 Å². The number of carbonyl (C=O) groups is 2. The third-order valence-corrected chi connectivity index (χ3v) is 2.60. The number of nitrogens with one attached hydrogen (secondary N) is 2. The van der Waals surface area contributed by atoms with Crippen LogP contribution >= 0.6 is 0 Å². The standard InChI is InChI=1S/C13H19N3O3/c1-5-14-12(17)9(3)16-11-7-6-10(8(2)15-11)13(18)19-4/h6-7,9H,5H2,1-4H3,(H,14,17)(H,15,16). The minimum absolute atomic E-state index is 0.0982. The molecule has 1 unspecified atom stereocenters. The van der Waals surface area contributed by atoms with Gasteiger partial charge in [-0.2, -0.15) is 0 Å². The van der Waals surface area contributed by atoms with Gasteiger partial charge in [0.2, 0.25) is 5.91 Å². The van der Waals surface area contributed by atoms with Crippen molar-refractivity contribution in [3.8, 4) is 0 Å². The number of rotatable bonds is 5. The Kier molecular flexibility index (Phi) is 5.29. The largest absolute Gasteiger partial charge is 0.465 e. The zero-order chi connectivity index (χ0) is 14.4. The van der Waals surface area contributed by atoms with Gasteiger partial charge in [0.1, 0.15) is 11.9 Å². The lowest BCUT2D eigenvalue weighted by atomic mass is 10.2. The number of pyridine rings is 1. The molecule has 1 rings (SSSR count). The zero-order valence-corrected chi connectivity index (χ0v) is 11.6. The summed E-state index contributed by atoms with van der Waals surface area (Å²) in [6.45, 7) is 5.90. The van der Waals surface area contributed by atoms with Crippen molar-refractivity contribution < 1.29 is 14.3 Å². The van der Waals surface area contributed by atoms with E-state index in [0.717, 1.165) is 0 Å². The maximum atomic E-state index is 11.6. The van der Waals surface area contributed by atoms with E-state index in [-0.39, 0.29) is 5.91 Å². The predicted molar refractivity (Wildman–Crippen MR) is 72.1 cm³/mol. The molecule has 6 nitrogen and oxygen atoms in total. The summed E-state index contributed by atoms with van der Waals surface area (Å²) in [5, 5.41) is 5.69. The summed E-state index contributed by atoms with van der Waals surface area (Å²) < 4.78 is 4.64. The van der Waals surface area contributed by atoms with Crippen LogP contribution < -0.4 is 10.6 Å². The van der Waals surface area contributed by atoms with Crippen LogP contribution in [-0.2, 0) is 9.53 Å². The quantitative estimate of drug-likeness (QED) is 0.780. The molecule has 19 heavy (non-hydrogen) atoms. The van der Waals surface area contributed by atoms with Crippen LogP contribution in [0.4, 0.5) is 5.82 Å². The summed E-state index contributed by atoms with van der Waals surface area (Å²) in [7, 11) is 1.32. The predicted octanol–water partition coefficient (Wildman–Crippen LogP) is 1.11. The zero-order valence-electron chi connectivity index (χ0n) is 11.6. The summed E-state index contributed by atoms with van der Waals surface area (Å²) >= 11 is 0. The maximum Gasteiger partial charge on any atom is 0.339 e. The van der Waals surface area contributed by atoms with Crippen LogP contribution in [0.1, 0.15) is 29.9 Å². The van der Waals surface area contributed by atoms with Crippen LogP contribution in [0.15, 0.2) is 12.1 Å². The second-order valence-corrected chi connectivity index (χ2v) is 4.08. The van der Waals surface area contributed by atoms with Crippen LogP contribution in [0.2, 0.25) is 0 Å². The van der Waals surface area contributed by atoms with Gasteiger partial charge in [0.25, 0.3) is 0 Å². The molecule has 0 saturated heterocycles. The number of methoxy groups -OCH3 is 1. The highest BCUT2D eigenvalue weighted by Gasteiger charge is 2.14. The highest BCUT2D eigenvalue weighted by molar-refractivity contribution is 5.90. The molecule has 1 atom stereocenters. The fourth-order valence-corrected chi connectivity index (χ4v) is 1.58. The fourth-order valence-electron chi connectivity index (χ4n) is 1.58. The SMILES string of the molecule is CCNC(=O)C(C)Nc1ccc(C(=O)OC)c(C)n1. The molecule has 0 aliphatic carbocycles. The Morgan fingerprint density at radius 3 is 2.63 bits per heavy atom. The Bertz CT molecular complexity index is 474. The number of esters is 1. The van der Waals surface area contributed by atoms with Gasteiger partial charge in [-0.15, -0.1) is 0 Å². The normalized spacial score (nSPS) is 11.6. The molecule has 1 aromatic rings. The molecule has 0 aliphatic rings. The molecule has 0 saturated carbocycles. The minimum Gasteiger partial charge on any atom is -0.465 e. The Hall–Kier alpha value is -2.11. The Balaban J connectivity index is 2.79. The molecule has 1 aromatic heterocycles. The number of aryl methyl sites for hydroxylation is 1. The molecule has 0 aromatic carbocycles. The van der Waals surface area contributed by atoms with E-state index < -0.39 is 12.0 Å². The molecule has 104 valence electrons. The monoisotopic (exact) mass is 265 g/mol. The third-order valence-electron chi connectivity index (χ3n) is 2.60. The van der Waals surface area contributed by atoms with E-state index in [1.807, 2.05) is 6.92 Å². The van der Waals surface area contributed by atoms with Gasteiger partial charge >= 0.3 is 5.97 Å². The number of amides is 1. The lowest BCUT2D eigenvalue weighted by Gasteiger charge is -2.14. The lowest BCUT2D eigenvalue weighted by molar-refractivity contribution is -0.121. The number of aromatic nitrogens is 1. The van der Waals surface area contributed by atoms with Crippen LogP contribution in [-0.4, -0.2) is 36.6 Å². The molecule has 0 spiro atoms. The van der Waals surface area contributed by atoms with Crippen LogP contribution in [0.5, 0.6) is 0 Å². The van der Waals surface area contributed by atoms with Crippen molar-refractivity contribution >= 4 is 17.7 Å². The first-order valence-electron chi connectivity index (χ1n) is 6.09. The third kappa shape index (κ3) is 3.94. The van der Waals surface area contributed by atoms with Gasteiger partial charge in [-0.1, -0.05) is 0 Å². The molecule has 6 heteroatoms. The van der Waals surface area contributed by atoms with Gasteiger partial charge in [-0.25, -0.2) is 9.78 Å². The average Bonchev–Trinajstić information content (AvgIpc) is 2.38. The summed E-state index contributed by atoms with van der Waals surface area (Å²) in [5.41, 5.74) is 0.971. The van der Waals surface area contributed by atoms with E-state index in [1.54, 1.807) is 26.0 Å². The van der Waals surface area contributed by atoms with Crippen molar-refractivity contribution in [3.05, 3.63) is 23.4 Å². The molecule has 0 bridgehead atoms. The van der Waals surface area contributed by atoms with Crippen molar-refractivity contribution in [2.75, 3.05) is 19.0 Å². The van der Waals surface area contributed by atoms with E-state index in [1.165, 1.54) is 7.11 Å². The molecular weight excluding hydrogens is 246 g/mol. The average molecular weight is 265 g/mol. The highest BCUT2D eigenvalue weighted by Crippen LogP contribution is 2.12. The molecule has 2 N–H and O–H groups in total. The van der Waals surface area contributed by atoms with Crippen molar-refractivity contribution in [1.29, 1.82) is 0 Å². The number of carbonyl (C=O) groups excluding carboxylic acids is 2. The van der Waals surface area contributed by atoms with Crippen LogP contribution in [0.25, 0.3) is 0 Å². The first-order chi connectivity index (χ1) is 8.99. The minimum atomic E-state index is -0.423. The number of hydrogen-bond acceptors (Lipinski definition) is 5. The van der Waals surface area contributed by atoms with Gasteiger partial charge < -0.3 is 15.4 Å². The van der Waals surface area contributed by atoms with Crippen LogP contribution in [0, 0.1) is 6.92 Å². The van der Waals surface area contributed by atoms with E-state index in [9.17, 15) is 9.59 Å². The van der Waals surface area contributed by atoms with Gasteiger partial charge in [0.05, 0.1) is 18.4 Å². The summed E-state index contributed by atoms with van der Waals surface area (Å²) in [6.07, 6.45) is 0. The number of hydrogen-bond donors (Lipinski definition) is 2. The number of nitrogens with zero attached hydrogens (tertiary/aromatic N) is 1. The second kappa shape index (κ2) is 6.72. The van der Waals surface area contributed by atoms with Crippen molar-refractivity contribution in [2.24, 2.45) is 0 Å². The van der Waals surface area contributed by atoms with E-state index >= 15 is 0 Å². The molecule has 0 aliphatic heterocycles. The first kappa shape index (κ1) is 14.9. The summed E-state index contributed by atoms with van der Waals surface area (Å²) in [5.74, 6) is 0.0243. The second-order valence-electron chi connectivity index (χ2n) is 4.08. The number of ether oxygens (including phenoxy) is 1. The highest BCUT2D eigenvalue weighted by atomic mass is 16.5. The molecule has 1 heterocycles. The van der Waals surface area contributed by atoms with Gasteiger partial charge in [-0.3, -0.25) is 4.79 Å². The van der Waals surface area contributed by atoms with Crippen LogP contribution in [0.3, 0.4) is 0 Å². The van der Waals surface area contributed by atoms with E-state index in [4.69, 9.17) is 0 Å². The molecule has 0 fully saturated rings. The van der Waals surface area contributed by atoms with Gasteiger partial charge in [0.15, 0.2) is 0 Å². The Labute approximate surface area is 112 Å². The van der Waals surface area contributed by atoms with Gasteiger partial charge in [-0.05, 0) is 32.9 Å². The Morgan fingerprint density at radius 2 is 2.11 bits per heavy atom. The van der Waals surface area contributed by atoms with Crippen molar-refractivity contribution in [2.45, 2.75) is 26.8 Å². The molecule has 0 radical (unpaired) electrons. The number of likely N-dealkylation sites (N-methyl/N-ethyl adjacent to an activating group) is 1.